The van der Waals surface area contributed by atoms with E-state index in [1.54, 1.807) is 18.2 Å². The lowest BCUT2D eigenvalue weighted by atomic mass is 9.78. The Labute approximate surface area is 146 Å². The molecule has 0 unspecified atom stereocenters. The van der Waals surface area contributed by atoms with Crippen LogP contribution in [0.1, 0.15) is 38.5 Å². The van der Waals surface area contributed by atoms with Crippen molar-refractivity contribution < 1.29 is 13.5 Å². The number of nitrogens with one attached hydrogen (secondary N) is 1. The number of fused-ring (bicyclic) bond motifs is 2. The third-order valence-corrected chi connectivity index (χ3v) is 8.35. The van der Waals surface area contributed by atoms with E-state index in [9.17, 15) is 8.42 Å². The maximum Gasteiger partial charge on any atom is 0.250 e. The lowest BCUT2D eigenvalue weighted by Gasteiger charge is -2.33. The number of sulfonamides is 1. The van der Waals surface area contributed by atoms with Crippen molar-refractivity contribution in [3.8, 4) is 0 Å². The van der Waals surface area contributed by atoms with Crippen molar-refractivity contribution in [2.75, 3.05) is 6.61 Å². The van der Waals surface area contributed by atoms with Crippen LogP contribution < -0.4 is 4.72 Å². The maximum atomic E-state index is 12.7. The largest absolute Gasteiger partial charge is 0.392 e. The molecule has 2 N–H and O–H groups in total. The van der Waals surface area contributed by atoms with Gasteiger partial charge in [0, 0.05) is 11.5 Å². The summed E-state index contributed by atoms with van der Waals surface area (Å²) in [5.74, 6) is 0.367. The van der Waals surface area contributed by atoms with Gasteiger partial charge in [0.15, 0.2) is 0 Å². The molecule has 2 bridgehead atoms. The topological polar surface area (TPSA) is 66.4 Å². The molecule has 2 aliphatic rings. The van der Waals surface area contributed by atoms with Gasteiger partial charge >= 0.3 is 0 Å². The third-order valence-electron chi connectivity index (χ3n) is 5.19. The second kappa shape index (κ2) is 6.84. The lowest BCUT2D eigenvalue weighted by molar-refractivity contribution is 0.283. The molecule has 2 saturated carbocycles. The lowest BCUT2D eigenvalue weighted by Crippen LogP contribution is -2.46. The molecule has 3 atom stereocenters. The molecule has 0 aliphatic heterocycles. The minimum absolute atomic E-state index is 0.00752. The van der Waals surface area contributed by atoms with Crippen LogP contribution in [0.25, 0.3) is 0 Å². The zero-order chi connectivity index (χ0) is 16.5. The molecule has 1 aromatic rings. The molecule has 7 heteroatoms. The molecule has 3 rings (SSSR count). The highest BCUT2D eigenvalue weighted by Crippen LogP contribution is 2.51. The molecule has 0 radical (unpaired) electrons. The van der Waals surface area contributed by atoms with Crippen LogP contribution in [0.2, 0.25) is 4.34 Å². The van der Waals surface area contributed by atoms with E-state index < -0.39 is 10.0 Å². The number of hydrogen-bond donors (Lipinski definition) is 2. The first-order chi connectivity index (χ1) is 11.0. The fourth-order valence-corrected chi connectivity index (χ4v) is 7.03. The van der Waals surface area contributed by atoms with E-state index in [4.69, 9.17) is 16.7 Å². The normalized spacial score (nSPS) is 31.6. The number of thiophene rings is 1. The molecule has 2 fully saturated rings. The monoisotopic (exact) mass is 375 g/mol. The van der Waals surface area contributed by atoms with Gasteiger partial charge in [-0.3, -0.25) is 0 Å². The molecular formula is C16H22ClNO3S2. The summed E-state index contributed by atoms with van der Waals surface area (Å²) in [5, 5.41) is 9.15. The van der Waals surface area contributed by atoms with Crippen LogP contribution in [0, 0.1) is 11.3 Å². The second-order valence-corrected chi connectivity index (χ2v) is 10.2. The van der Waals surface area contributed by atoms with E-state index in [0.29, 0.717) is 10.3 Å². The summed E-state index contributed by atoms with van der Waals surface area (Å²) in [4.78, 5) is 0. The minimum atomic E-state index is -3.56. The molecule has 2 aliphatic carbocycles. The molecule has 4 nitrogen and oxygen atoms in total. The molecule has 0 spiro atoms. The Kier molecular flexibility index (Phi) is 5.18. The van der Waals surface area contributed by atoms with Crippen molar-refractivity contribution in [1.82, 2.24) is 4.72 Å². The van der Waals surface area contributed by atoms with Crippen LogP contribution in [-0.2, 0) is 10.0 Å². The summed E-state index contributed by atoms with van der Waals surface area (Å²) in [6, 6.07) is 3.08. The molecule has 0 aromatic carbocycles. The SMILES string of the molecule is O=S(=O)(N[C@@H]1[C@@H]2CCCC[C@@]1(C=CCO)CC2)c1ccc(Cl)s1. The molecule has 23 heavy (non-hydrogen) atoms. The summed E-state index contributed by atoms with van der Waals surface area (Å²) in [6.45, 7) is -0.00752. The summed E-state index contributed by atoms with van der Waals surface area (Å²) in [5.41, 5.74) is -0.169. The van der Waals surface area contributed by atoms with Crippen LogP contribution in [-0.4, -0.2) is 26.2 Å². The van der Waals surface area contributed by atoms with Gasteiger partial charge in [0.1, 0.15) is 4.21 Å². The van der Waals surface area contributed by atoms with Crippen LogP contribution >= 0.6 is 22.9 Å². The van der Waals surface area contributed by atoms with Gasteiger partial charge in [0.05, 0.1) is 10.9 Å². The summed E-state index contributed by atoms with van der Waals surface area (Å²) in [6.07, 6.45) is 10.1. The van der Waals surface area contributed by atoms with E-state index in [-0.39, 0.29) is 22.3 Å². The zero-order valence-corrected chi connectivity index (χ0v) is 15.3. The Morgan fingerprint density at radius 1 is 1.35 bits per heavy atom. The summed E-state index contributed by atoms with van der Waals surface area (Å²) < 4.78 is 29.2. The van der Waals surface area contributed by atoms with Gasteiger partial charge in [0.25, 0.3) is 0 Å². The number of halogens is 1. The molecule has 0 saturated heterocycles. The predicted octanol–water partition coefficient (Wildman–Crippen LogP) is 3.57. The van der Waals surface area contributed by atoms with E-state index in [0.717, 1.165) is 49.9 Å². The van der Waals surface area contributed by atoms with Crippen molar-refractivity contribution in [1.29, 1.82) is 0 Å². The fourth-order valence-electron chi connectivity index (χ4n) is 4.14. The highest BCUT2D eigenvalue weighted by Gasteiger charge is 2.49. The first-order valence-electron chi connectivity index (χ1n) is 8.03. The average Bonchev–Trinajstić information content (AvgIpc) is 3.01. The Morgan fingerprint density at radius 3 is 2.87 bits per heavy atom. The van der Waals surface area contributed by atoms with Gasteiger partial charge in [-0.1, -0.05) is 36.6 Å². The average molecular weight is 376 g/mol. The van der Waals surface area contributed by atoms with Gasteiger partial charge in [-0.15, -0.1) is 11.3 Å². The smallest absolute Gasteiger partial charge is 0.250 e. The van der Waals surface area contributed by atoms with Crippen molar-refractivity contribution in [2.24, 2.45) is 11.3 Å². The standard InChI is InChI=1S/C16H22ClNO3S2/c17-13-5-6-14(22-13)23(20,21)18-15-12-4-1-2-8-16(15,10-7-12)9-3-11-19/h3,5-6,9,12,15,18-19H,1-2,4,7-8,10-11H2/t12-,15-,16-/m1/s1. The molecule has 1 aromatic heterocycles. The van der Waals surface area contributed by atoms with Gasteiger partial charge in [-0.25, -0.2) is 13.1 Å². The van der Waals surface area contributed by atoms with Crippen molar-refractivity contribution >= 4 is 33.0 Å². The number of aliphatic hydroxyl groups is 1. The first kappa shape index (κ1) is 17.4. The second-order valence-electron chi connectivity index (χ2n) is 6.52. The van der Waals surface area contributed by atoms with Crippen molar-refractivity contribution in [2.45, 2.75) is 48.8 Å². The van der Waals surface area contributed by atoms with E-state index in [2.05, 4.69) is 4.72 Å². The van der Waals surface area contributed by atoms with Crippen LogP contribution in [0.3, 0.4) is 0 Å². The summed E-state index contributed by atoms with van der Waals surface area (Å²) in [7, 11) is -3.56. The van der Waals surface area contributed by atoms with Gasteiger partial charge < -0.3 is 5.11 Å². The zero-order valence-electron chi connectivity index (χ0n) is 12.9. The number of rotatable bonds is 5. The van der Waals surface area contributed by atoms with E-state index in [1.165, 1.54) is 0 Å². The summed E-state index contributed by atoms with van der Waals surface area (Å²) >= 11 is 6.97. The fraction of sp³-hybridized carbons (Fsp3) is 0.625. The molecule has 128 valence electrons. The highest BCUT2D eigenvalue weighted by atomic mass is 35.5. The van der Waals surface area contributed by atoms with E-state index in [1.807, 2.05) is 6.08 Å². The Morgan fingerprint density at radius 2 is 2.17 bits per heavy atom. The van der Waals surface area contributed by atoms with Crippen LogP contribution in [0.15, 0.2) is 28.5 Å². The van der Waals surface area contributed by atoms with E-state index >= 15 is 0 Å². The third kappa shape index (κ3) is 3.51. The maximum absolute atomic E-state index is 12.7. The van der Waals surface area contributed by atoms with Gasteiger partial charge in [0.2, 0.25) is 10.0 Å². The first-order valence-corrected chi connectivity index (χ1v) is 10.7. The van der Waals surface area contributed by atoms with Crippen LogP contribution in [0.4, 0.5) is 0 Å². The van der Waals surface area contributed by atoms with Crippen molar-refractivity contribution in [3.05, 3.63) is 28.6 Å². The predicted molar refractivity (Wildman–Crippen MR) is 93.3 cm³/mol. The molecule has 0 amide bonds. The number of hydrogen-bond acceptors (Lipinski definition) is 4. The van der Waals surface area contributed by atoms with Gasteiger partial charge in [-0.05, 0) is 43.7 Å². The number of aliphatic hydroxyl groups excluding tert-OH is 1. The Hall–Kier alpha value is -0.400. The minimum Gasteiger partial charge on any atom is -0.392 e. The molecular weight excluding hydrogens is 354 g/mol. The Balaban J connectivity index is 1.91. The van der Waals surface area contributed by atoms with Gasteiger partial charge in [-0.2, -0.15) is 0 Å². The Bertz CT molecular complexity index is 685. The quantitative estimate of drug-likeness (QED) is 0.773. The van der Waals surface area contributed by atoms with Crippen molar-refractivity contribution in [3.63, 3.8) is 0 Å². The highest BCUT2D eigenvalue weighted by molar-refractivity contribution is 7.91. The van der Waals surface area contributed by atoms with Crippen LogP contribution in [0.5, 0.6) is 0 Å². The molecule has 1 heterocycles.